The van der Waals surface area contributed by atoms with E-state index >= 15 is 0 Å². The number of alkyl halides is 3. The monoisotopic (exact) mass is 245 g/mol. The molecule has 4 heteroatoms. The van der Waals surface area contributed by atoms with E-state index < -0.39 is 12.6 Å². The average Bonchev–Trinajstić information content (AvgIpc) is 2.28. The molecule has 0 radical (unpaired) electrons. The molecule has 0 amide bonds. The molecule has 0 aliphatic heterocycles. The molecule has 1 N–H and O–H groups in total. The Labute approximate surface area is 100 Å². The van der Waals surface area contributed by atoms with Crippen molar-refractivity contribution < 1.29 is 13.2 Å². The zero-order valence-corrected chi connectivity index (χ0v) is 9.93. The first-order valence-corrected chi connectivity index (χ1v) is 5.84. The highest BCUT2D eigenvalue weighted by Gasteiger charge is 2.25. The number of hydrogen-bond acceptors (Lipinski definition) is 1. The fourth-order valence-electron chi connectivity index (χ4n) is 1.63. The standard InChI is InChI=1S/C13H18F3N/c1-11(12-7-3-2-4-8-12)17-10-6-5-9-13(14,15)16/h2-4,7-8,11,17H,5-6,9-10H2,1H3. The SMILES string of the molecule is CC(NCCCCC(F)(F)F)c1ccccc1. The Balaban J connectivity index is 2.15. The zero-order valence-electron chi connectivity index (χ0n) is 9.93. The van der Waals surface area contributed by atoms with Crippen molar-refractivity contribution in [3.05, 3.63) is 35.9 Å². The van der Waals surface area contributed by atoms with Crippen molar-refractivity contribution in [3.8, 4) is 0 Å². The molecule has 1 aromatic rings. The fourth-order valence-corrected chi connectivity index (χ4v) is 1.63. The summed E-state index contributed by atoms with van der Waals surface area (Å²) in [5.74, 6) is 0. The lowest BCUT2D eigenvalue weighted by atomic mass is 10.1. The van der Waals surface area contributed by atoms with Crippen molar-refractivity contribution in [2.75, 3.05) is 6.54 Å². The molecule has 96 valence electrons. The molecule has 0 saturated heterocycles. The fraction of sp³-hybridized carbons (Fsp3) is 0.538. The van der Waals surface area contributed by atoms with Crippen molar-refractivity contribution in [3.63, 3.8) is 0 Å². The van der Waals surface area contributed by atoms with E-state index in [-0.39, 0.29) is 12.5 Å². The third-order valence-corrected chi connectivity index (χ3v) is 2.64. The van der Waals surface area contributed by atoms with Gasteiger partial charge in [0.05, 0.1) is 0 Å². The Morgan fingerprint density at radius 3 is 2.35 bits per heavy atom. The van der Waals surface area contributed by atoms with Gasteiger partial charge < -0.3 is 5.32 Å². The van der Waals surface area contributed by atoms with Gasteiger partial charge in [0.2, 0.25) is 0 Å². The molecule has 0 fully saturated rings. The number of benzene rings is 1. The van der Waals surface area contributed by atoms with Gasteiger partial charge in [0.1, 0.15) is 0 Å². The molecule has 0 aliphatic rings. The molecule has 0 spiro atoms. The van der Waals surface area contributed by atoms with Crippen molar-refractivity contribution in [1.29, 1.82) is 0 Å². The highest BCUT2D eigenvalue weighted by molar-refractivity contribution is 5.17. The molecule has 0 bridgehead atoms. The van der Waals surface area contributed by atoms with Crippen LogP contribution in [0.1, 0.15) is 37.8 Å². The predicted octanol–water partition coefficient (Wildman–Crippen LogP) is 4.07. The summed E-state index contributed by atoms with van der Waals surface area (Å²) in [5.41, 5.74) is 1.16. The lowest BCUT2D eigenvalue weighted by Gasteiger charge is -2.14. The Hall–Kier alpha value is -1.03. The van der Waals surface area contributed by atoms with E-state index in [0.29, 0.717) is 13.0 Å². The zero-order chi connectivity index (χ0) is 12.7. The second kappa shape index (κ2) is 6.64. The first-order valence-electron chi connectivity index (χ1n) is 5.84. The lowest BCUT2D eigenvalue weighted by molar-refractivity contribution is -0.135. The molecule has 1 atom stereocenters. The number of unbranched alkanes of at least 4 members (excludes halogenated alkanes) is 1. The third-order valence-electron chi connectivity index (χ3n) is 2.64. The van der Waals surface area contributed by atoms with Gasteiger partial charge in [-0.25, -0.2) is 0 Å². The highest BCUT2D eigenvalue weighted by atomic mass is 19.4. The van der Waals surface area contributed by atoms with Crippen LogP contribution in [0.5, 0.6) is 0 Å². The van der Waals surface area contributed by atoms with Crippen molar-refractivity contribution in [1.82, 2.24) is 5.32 Å². The summed E-state index contributed by atoms with van der Waals surface area (Å²) in [6.07, 6.45) is -3.96. The van der Waals surface area contributed by atoms with E-state index in [1.54, 1.807) is 0 Å². The minimum atomic E-state index is -4.02. The predicted molar refractivity (Wildman–Crippen MR) is 62.8 cm³/mol. The van der Waals surface area contributed by atoms with Crippen LogP contribution in [0.2, 0.25) is 0 Å². The summed E-state index contributed by atoms with van der Waals surface area (Å²) in [4.78, 5) is 0. The van der Waals surface area contributed by atoms with Gasteiger partial charge in [0.15, 0.2) is 0 Å². The van der Waals surface area contributed by atoms with Crippen LogP contribution in [0.4, 0.5) is 13.2 Å². The molecule has 0 aliphatic carbocycles. The Kier molecular flexibility index (Phi) is 5.48. The van der Waals surface area contributed by atoms with Crippen LogP contribution in [-0.2, 0) is 0 Å². The summed E-state index contributed by atoms with van der Waals surface area (Å²) >= 11 is 0. The quantitative estimate of drug-likeness (QED) is 0.745. The van der Waals surface area contributed by atoms with Gasteiger partial charge in [0, 0.05) is 12.5 Å². The van der Waals surface area contributed by atoms with E-state index in [2.05, 4.69) is 5.32 Å². The largest absolute Gasteiger partial charge is 0.389 e. The number of nitrogens with one attached hydrogen (secondary N) is 1. The topological polar surface area (TPSA) is 12.0 Å². The van der Waals surface area contributed by atoms with Crippen molar-refractivity contribution in [2.45, 2.75) is 38.4 Å². The molecule has 17 heavy (non-hydrogen) atoms. The number of rotatable bonds is 6. The lowest BCUT2D eigenvalue weighted by Crippen LogP contribution is -2.20. The van der Waals surface area contributed by atoms with Crippen LogP contribution >= 0.6 is 0 Å². The van der Waals surface area contributed by atoms with Gasteiger partial charge in [-0.15, -0.1) is 0 Å². The molecular formula is C13H18F3N. The van der Waals surface area contributed by atoms with E-state index in [0.717, 1.165) is 5.56 Å². The van der Waals surface area contributed by atoms with Crippen LogP contribution in [-0.4, -0.2) is 12.7 Å². The average molecular weight is 245 g/mol. The second-order valence-corrected chi connectivity index (χ2v) is 4.16. The van der Waals surface area contributed by atoms with Crippen LogP contribution < -0.4 is 5.32 Å². The summed E-state index contributed by atoms with van der Waals surface area (Å²) in [6.45, 7) is 2.63. The van der Waals surface area contributed by atoms with Crippen LogP contribution in [0.25, 0.3) is 0 Å². The molecule has 0 aromatic heterocycles. The molecule has 0 heterocycles. The minimum absolute atomic E-state index is 0.182. The second-order valence-electron chi connectivity index (χ2n) is 4.16. The summed E-state index contributed by atoms with van der Waals surface area (Å²) in [6, 6.07) is 10.1. The van der Waals surface area contributed by atoms with Crippen LogP contribution in [0.3, 0.4) is 0 Å². The van der Waals surface area contributed by atoms with Gasteiger partial charge in [-0.2, -0.15) is 13.2 Å². The van der Waals surface area contributed by atoms with Gasteiger partial charge in [-0.05, 0) is 31.9 Å². The van der Waals surface area contributed by atoms with E-state index in [9.17, 15) is 13.2 Å². The Morgan fingerprint density at radius 1 is 1.12 bits per heavy atom. The minimum Gasteiger partial charge on any atom is -0.310 e. The normalized spacial score (nSPS) is 13.6. The maximum Gasteiger partial charge on any atom is 0.389 e. The van der Waals surface area contributed by atoms with Gasteiger partial charge >= 0.3 is 6.18 Å². The maximum absolute atomic E-state index is 11.9. The summed E-state index contributed by atoms with van der Waals surface area (Å²) < 4.78 is 35.7. The third kappa shape index (κ3) is 6.31. The van der Waals surface area contributed by atoms with Crippen molar-refractivity contribution >= 4 is 0 Å². The van der Waals surface area contributed by atoms with Gasteiger partial charge in [-0.1, -0.05) is 30.3 Å². The van der Waals surface area contributed by atoms with Crippen molar-refractivity contribution in [2.24, 2.45) is 0 Å². The number of hydrogen-bond donors (Lipinski definition) is 1. The first-order chi connectivity index (χ1) is 7.99. The molecule has 1 unspecified atom stereocenters. The van der Waals surface area contributed by atoms with E-state index in [4.69, 9.17) is 0 Å². The summed E-state index contributed by atoms with van der Waals surface area (Å²) in [7, 11) is 0. The van der Waals surface area contributed by atoms with Crippen LogP contribution in [0, 0.1) is 0 Å². The van der Waals surface area contributed by atoms with Gasteiger partial charge in [0.25, 0.3) is 0 Å². The number of halogens is 3. The Bertz CT molecular complexity index is 308. The first kappa shape index (κ1) is 14.0. The Morgan fingerprint density at radius 2 is 1.76 bits per heavy atom. The maximum atomic E-state index is 11.9. The summed E-state index contributed by atoms with van der Waals surface area (Å²) in [5, 5.41) is 3.22. The van der Waals surface area contributed by atoms with E-state index in [1.165, 1.54) is 0 Å². The molecule has 1 rings (SSSR count). The molecule has 0 saturated carbocycles. The van der Waals surface area contributed by atoms with Gasteiger partial charge in [-0.3, -0.25) is 0 Å². The van der Waals surface area contributed by atoms with Crippen LogP contribution in [0.15, 0.2) is 30.3 Å². The molecular weight excluding hydrogens is 227 g/mol. The molecule has 1 nitrogen and oxygen atoms in total. The molecule has 1 aromatic carbocycles. The highest BCUT2D eigenvalue weighted by Crippen LogP contribution is 2.22. The smallest absolute Gasteiger partial charge is 0.310 e. The van der Waals surface area contributed by atoms with E-state index in [1.807, 2.05) is 37.3 Å².